The zero-order valence-corrected chi connectivity index (χ0v) is 14.5. The first-order valence-electron chi connectivity index (χ1n) is 7.67. The third kappa shape index (κ3) is 5.22. The highest BCUT2D eigenvalue weighted by Gasteiger charge is 2.29. The van der Waals surface area contributed by atoms with E-state index in [-0.39, 0.29) is 0 Å². The van der Waals surface area contributed by atoms with Crippen LogP contribution in [-0.2, 0) is 0 Å². The normalized spacial score (nSPS) is 13.5. The summed E-state index contributed by atoms with van der Waals surface area (Å²) in [6.07, 6.45) is 0. The number of hydrogen-bond acceptors (Lipinski definition) is 0. The number of benzene rings is 1. The highest BCUT2D eigenvalue weighted by molar-refractivity contribution is 8.33. The summed E-state index contributed by atoms with van der Waals surface area (Å²) in [5.41, 5.74) is 0. The molecule has 0 fully saturated rings. The Hall–Kier alpha value is -0.430. The van der Waals surface area contributed by atoms with E-state index in [0.29, 0.717) is 0 Å². The van der Waals surface area contributed by atoms with Crippen LogP contribution in [-0.4, -0.2) is 17.3 Å². The smallest absolute Gasteiger partial charge is 0.00988 e. The summed E-state index contributed by atoms with van der Waals surface area (Å²) in [7, 11) is -0.673. The van der Waals surface area contributed by atoms with Gasteiger partial charge in [0.1, 0.15) is 0 Å². The van der Waals surface area contributed by atoms with Crippen LogP contribution in [0.2, 0.25) is 0 Å². The lowest BCUT2D eigenvalue weighted by Crippen LogP contribution is -2.23. The molecule has 0 radical (unpaired) electrons. The second kappa shape index (κ2) is 7.38. The summed E-state index contributed by atoms with van der Waals surface area (Å²) in [5, 5.41) is 0. The fourth-order valence-corrected chi connectivity index (χ4v) is 8.66. The summed E-state index contributed by atoms with van der Waals surface area (Å²) in [6, 6.07) is 11.3. The highest BCUT2D eigenvalue weighted by Crippen LogP contribution is 2.59. The maximum Gasteiger partial charge on any atom is -0.00988 e. The van der Waals surface area contributed by atoms with Crippen LogP contribution in [0.25, 0.3) is 0 Å². The minimum Gasteiger partial charge on any atom is -0.214 e. The van der Waals surface area contributed by atoms with E-state index < -0.39 is 10.0 Å². The summed E-state index contributed by atoms with van der Waals surface area (Å²) in [5.74, 6) is 6.50. The quantitative estimate of drug-likeness (QED) is 0.590. The van der Waals surface area contributed by atoms with Crippen LogP contribution in [0.4, 0.5) is 0 Å². The predicted octanol–water partition coefficient (Wildman–Crippen LogP) is 5.82. The van der Waals surface area contributed by atoms with E-state index >= 15 is 0 Å². The summed E-state index contributed by atoms with van der Waals surface area (Å²) in [6.45, 7) is 14.3. The molecule has 0 saturated heterocycles. The molecule has 0 aliphatic heterocycles. The van der Waals surface area contributed by atoms with Gasteiger partial charge in [-0.15, -0.1) is 0 Å². The Morgan fingerprint density at radius 3 is 1.37 bits per heavy atom. The first-order chi connectivity index (χ1) is 8.85. The van der Waals surface area contributed by atoms with Gasteiger partial charge in [-0.2, -0.15) is 0 Å². The average Bonchev–Trinajstić information content (AvgIpc) is 2.27. The molecule has 0 heterocycles. The largest absolute Gasteiger partial charge is 0.214 e. The molecule has 0 atom stereocenters. The van der Waals surface area contributed by atoms with Crippen molar-refractivity contribution in [2.24, 2.45) is 17.8 Å². The molecule has 1 aromatic rings. The lowest BCUT2D eigenvalue weighted by molar-refractivity contribution is 0.695. The molecular weight excluding hydrogens is 248 g/mol. The maximum absolute atomic E-state index is 2.38. The van der Waals surface area contributed by atoms with Gasteiger partial charge in [-0.25, -0.2) is 10.0 Å². The Labute approximate surface area is 122 Å². The minimum atomic E-state index is -0.673. The van der Waals surface area contributed by atoms with Crippen LogP contribution in [0.5, 0.6) is 0 Å². The Balaban J connectivity index is 3.16. The van der Waals surface area contributed by atoms with Crippen molar-refractivity contribution < 1.29 is 0 Å². The number of rotatable bonds is 7. The molecule has 0 saturated carbocycles. The third-order valence-corrected chi connectivity index (χ3v) is 8.39. The Kier molecular flexibility index (Phi) is 6.46. The van der Waals surface area contributed by atoms with E-state index in [1.807, 2.05) is 0 Å². The van der Waals surface area contributed by atoms with Crippen molar-refractivity contribution in [1.29, 1.82) is 0 Å². The molecule has 1 heteroatoms. The van der Waals surface area contributed by atoms with Crippen LogP contribution in [0, 0.1) is 17.8 Å². The van der Waals surface area contributed by atoms with E-state index in [1.165, 1.54) is 17.3 Å². The first kappa shape index (κ1) is 16.6. The van der Waals surface area contributed by atoms with E-state index in [0.717, 1.165) is 17.8 Å². The fourth-order valence-electron chi connectivity index (χ4n) is 3.12. The van der Waals surface area contributed by atoms with Crippen molar-refractivity contribution in [3.05, 3.63) is 30.3 Å². The molecule has 0 unspecified atom stereocenters. The minimum absolute atomic E-state index is 0.673. The average molecular weight is 281 g/mol. The SMILES string of the molecule is CC(C)CS(CC(C)C)(CC(C)C)c1ccccc1. The topological polar surface area (TPSA) is 0 Å². The first-order valence-corrected chi connectivity index (χ1v) is 9.81. The maximum atomic E-state index is 2.38. The van der Waals surface area contributed by atoms with Gasteiger partial charge in [-0.1, -0.05) is 71.9 Å². The fraction of sp³-hybridized carbons (Fsp3) is 0.667. The van der Waals surface area contributed by atoms with Crippen molar-refractivity contribution in [2.45, 2.75) is 46.4 Å². The number of hydrogen-bond donors (Lipinski definition) is 0. The van der Waals surface area contributed by atoms with Gasteiger partial charge >= 0.3 is 0 Å². The van der Waals surface area contributed by atoms with Crippen LogP contribution >= 0.6 is 10.0 Å². The van der Waals surface area contributed by atoms with E-state index in [1.54, 1.807) is 4.90 Å². The van der Waals surface area contributed by atoms with Gasteiger partial charge in [0.25, 0.3) is 0 Å². The predicted molar refractivity (Wildman–Crippen MR) is 91.4 cm³/mol. The second-order valence-corrected chi connectivity index (χ2v) is 10.6. The molecule has 0 aliphatic rings. The Morgan fingerprint density at radius 1 is 0.684 bits per heavy atom. The van der Waals surface area contributed by atoms with Crippen molar-refractivity contribution >= 4 is 10.0 Å². The molecule has 0 aromatic heterocycles. The second-order valence-electron chi connectivity index (χ2n) is 7.04. The van der Waals surface area contributed by atoms with Crippen LogP contribution in [0.1, 0.15) is 41.5 Å². The summed E-state index contributed by atoms with van der Waals surface area (Å²) < 4.78 is 0. The highest BCUT2D eigenvalue weighted by atomic mass is 32.3. The van der Waals surface area contributed by atoms with Gasteiger partial charge in [0.15, 0.2) is 0 Å². The van der Waals surface area contributed by atoms with Gasteiger partial charge < -0.3 is 0 Å². The van der Waals surface area contributed by atoms with Crippen molar-refractivity contribution in [3.63, 3.8) is 0 Å². The van der Waals surface area contributed by atoms with Crippen LogP contribution in [0.3, 0.4) is 0 Å². The summed E-state index contributed by atoms with van der Waals surface area (Å²) in [4.78, 5) is 1.63. The van der Waals surface area contributed by atoms with Crippen molar-refractivity contribution in [3.8, 4) is 0 Å². The Morgan fingerprint density at radius 2 is 1.05 bits per heavy atom. The van der Waals surface area contributed by atoms with Gasteiger partial charge in [0, 0.05) is 0 Å². The van der Waals surface area contributed by atoms with Crippen LogP contribution < -0.4 is 0 Å². The summed E-state index contributed by atoms with van der Waals surface area (Å²) >= 11 is 0. The van der Waals surface area contributed by atoms with E-state index in [9.17, 15) is 0 Å². The van der Waals surface area contributed by atoms with E-state index in [2.05, 4.69) is 71.9 Å². The van der Waals surface area contributed by atoms with Gasteiger partial charge in [0.05, 0.1) is 0 Å². The molecule has 0 amide bonds. The standard InChI is InChI=1S/C18H32S/c1-15(2)12-19(13-16(3)4,14-17(5)6)18-10-8-7-9-11-18/h7-11,15-17H,12-14H2,1-6H3. The van der Waals surface area contributed by atoms with Gasteiger partial charge in [0.2, 0.25) is 0 Å². The van der Waals surface area contributed by atoms with Crippen LogP contribution in [0.15, 0.2) is 35.2 Å². The monoisotopic (exact) mass is 280 g/mol. The molecule has 0 aliphatic carbocycles. The molecule has 0 spiro atoms. The molecule has 0 N–H and O–H groups in total. The molecule has 0 nitrogen and oxygen atoms in total. The molecule has 19 heavy (non-hydrogen) atoms. The van der Waals surface area contributed by atoms with Gasteiger partial charge in [-0.3, -0.25) is 0 Å². The molecule has 0 bridgehead atoms. The Bertz CT molecular complexity index is 325. The van der Waals surface area contributed by atoms with Gasteiger partial charge in [-0.05, 0) is 39.9 Å². The molecule has 110 valence electrons. The zero-order valence-electron chi connectivity index (χ0n) is 13.6. The van der Waals surface area contributed by atoms with Crippen molar-refractivity contribution in [2.75, 3.05) is 17.3 Å². The van der Waals surface area contributed by atoms with E-state index in [4.69, 9.17) is 0 Å². The lowest BCUT2D eigenvalue weighted by Gasteiger charge is -2.45. The molecular formula is C18H32S. The lowest BCUT2D eigenvalue weighted by atomic mass is 10.3. The zero-order chi connectivity index (χ0) is 14.5. The molecule has 1 rings (SSSR count). The molecule has 1 aromatic carbocycles. The third-order valence-electron chi connectivity index (χ3n) is 3.20. The van der Waals surface area contributed by atoms with Crippen molar-refractivity contribution in [1.82, 2.24) is 0 Å².